The molecule has 0 aromatic carbocycles. The first-order valence-corrected chi connectivity index (χ1v) is 6.60. The molecule has 17 heavy (non-hydrogen) atoms. The molecule has 0 spiro atoms. The lowest BCUT2D eigenvalue weighted by Gasteiger charge is -2.01. The van der Waals surface area contributed by atoms with Gasteiger partial charge in [-0.25, -0.2) is 9.67 Å². The van der Waals surface area contributed by atoms with Crippen molar-refractivity contribution in [2.45, 2.75) is 32.2 Å². The molecule has 0 bridgehead atoms. The topological polar surface area (TPSA) is 55.6 Å². The highest BCUT2D eigenvalue weighted by Gasteiger charge is 2.26. The standard InChI is InChI=1S/C11H15N5S/c1-7-14-11(16(2)15-7)13-6-9-5-12-10(17-9)8-3-4-8/h5,8H,3-4,6H2,1-2H3,(H,13,14,15). The van der Waals surface area contributed by atoms with Crippen LogP contribution in [-0.4, -0.2) is 19.7 Å². The highest BCUT2D eigenvalue weighted by molar-refractivity contribution is 7.11. The van der Waals surface area contributed by atoms with Gasteiger partial charge in [0, 0.05) is 24.0 Å². The van der Waals surface area contributed by atoms with Crippen molar-refractivity contribution in [3.8, 4) is 0 Å². The second-order valence-electron chi connectivity index (χ2n) is 4.40. The molecule has 2 heterocycles. The molecule has 0 radical (unpaired) electrons. The van der Waals surface area contributed by atoms with Gasteiger partial charge in [-0.05, 0) is 19.8 Å². The molecule has 0 saturated heterocycles. The number of rotatable bonds is 4. The summed E-state index contributed by atoms with van der Waals surface area (Å²) < 4.78 is 1.76. The fourth-order valence-corrected chi connectivity index (χ4v) is 2.78. The van der Waals surface area contributed by atoms with E-state index in [-0.39, 0.29) is 0 Å². The summed E-state index contributed by atoms with van der Waals surface area (Å²) in [5, 5.41) is 8.77. The Morgan fingerprint density at radius 2 is 2.35 bits per heavy atom. The molecule has 90 valence electrons. The maximum atomic E-state index is 4.45. The molecule has 0 atom stereocenters. The number of thiazole rings is 1. The first kappa shape index (κ1) is 10.7. The van der Waals surface area contributed by atoms with Gasteiger partial charge in [-0.2, -0.15) is 10.1 Å². The summed E-state index contributed by atoms with van der Waals surface area (Å²) in [6.07, 6.45) is 4.58. The number of nitrogens with zero attached hydrogens (tertiary/aromatic N) is 4. The van der Waals surface area contributed by atoms with Crippen molar-refractivity contribution in [3.05, 3.63) is 21.9 Å². The Morgan fingerprint density at radius 1 is 1.53 bits per heavy atom. The Labute approximate surface area is 104 Å². The monoisotopic (exact) mass is 249 g/mol. The average Bonchev–Trinajstić information content (AvgIpc) is 2.95. The smallest absolute Gasteiger partial charge is 0.221 e. The molecule has 2 aromatic rings. The molecule has 0 amide bonds. The highest BCUT2D eigenvalue weighted by atomic mass is 32.1. The van der Waals surface area contributed by atoms with Crippen LogP contribution in [0.15, 0.2) is 6.20 Å². The van der Waals surface area contributed by atoms with E-state index in [2.05, 4.69) is 20.4 Å². The van der Waals surface area contributed by atoms with E-state index in [9.17, 15) is 0 Å². The van der Waals surface area contributed by atoms with E-state index in [1.54, 1.807) is 16.0 Å². The van der Waals surface area contributed by atoms with E-state index in [4.69, 9.17) is 0 Å². The van der Waals surface area contributed by atoms with E-state index in [0.29, 0.717) is 0 Å². The zero-order chi connectivity index (χ0) is 11.8. The Morgan fingerprint density at radius 3 is 3.00 bits per heavy atom. The largest absolute Gasteiger partial charge is 0.349 e. The predicted octanol–water partition coefficient (Wildman–Crippen LogP) is 2.07. The number of hydrogen-bond acceptors (Lipinski definition) is 5. The van der Waals surface area contributed by atoms with Gasteiger partial charge in [0.15, 0.2) is 0 Å². The van der Waals surface area contributed by atoms with E-state index in [1.807, 2.05) is 20.2 Å². The van der Waals surface area contributed by atoms with Crippen LogP contribution >= 0.6 is 11.3 Å². The lowest BCUT2D eigenvalue weighted by molar-refractivity contribution is 0.758. The molecule has 1 fully saturated rings. The minimum atomic E-state index is 0.742. The van der Waals surface area contributed by atoms with Crippen molar-refractivity contribution in [2.75, 3.05) is 5.32 Å². The molecular weight excluding hydrogens is 234 g/mol. The third kappa shape index (κ3) is 2.31. The minimum Gasteiger partial charge on any atom is -0.349 e. The number of aromatic nitrogens is 4. The van der Waals surface area contributed by atoms with Crippen LogP contribution in [0.3, 0.4) is 0 Å². The maximum absolute atomic E-state index is 4.45. The van der Waals surface area contributed by atoms with Crippen molar-refractivity contribution >= 4 is 17.3 Å². The van der Waals surface area contributed by atoms with Crippen molar-refractivity contribution in [1.82, 2.24) is 19.7 Å². The molecule has 2 aromatic heterocycles. The van der Waals surface area contributed by atoms with Gasteiger partial charge in [-0.1, -0.05) is 0 Å². The molecule has 5 nitrogen and oxygen atoms in total. The van der Waals surface area contributed by atoms with Crippen LogP contribution in [0.4, 0.5) is 5.95 Å². The lowest BCUT2D eigenvalue weighted by atomic mass is 10.5. The summed E-state index contributed by atoms with van der Waals surface area (Å²) in [6.45, 7) is 2.67. The Hall–Kier alpha value is -1.43. The molecule has 0 unspecified atom stereocenters. The van der Waals surface area contributed by atoms with Gasteiger partial charge in [-0.3, -0.25) is 0 Å². The Kier molecular flexibility index (Phi) is 2.58. The average molecular weight is 249 g/mol. The quantitative estimate of drug-likeness (QED) is 0.901. The van der Waals surface area contributed by atoms with Gasteiger partial charge in [0.1, 0.15) is 5.82 Å². The minimum absolute atomic E-state index is 0.742. The molecule has 1 aliphatic rings. The zero-order valence-electron chi connectivity index (χ0n) is 9.97. The summed E-state index contributed by atoms with van der Waals surface area (Å²) in [7, 11) is 1.89. The summed E-state index contributed by atoms with van der Waals surface area (Å²) in [5.41, 5.74) is 0. The third-order valence-corrected chi connectivity index (χ3v) is 3.95. The van der Waals surface area contributed by atoms with Gasteiger partial charge < -0.3 is 5.32 Å². The van der Waals surface area contributed by atoms with Gasteiger partial charge in [0.25, 0.3) is 0 Å². The van der Waals surface area contributed by atoms with E-state index in [0.717, 1.165) is 24.2 Å². The molecule has 1 N–H and O–H groups in total. The second kappa shape index (κ2) is 4.10. The molecule has 3 rings (SSSR count). The Bertz CT molecular complexity index is 526. The van der Waals surface area contributed by atoms with Crippen molar-refractivity contribution in [2.24, 2.45) is 7.05 Å². The van der Waals surface area contributed by atoms with Gasteiger partial charge in [-0.15, -0.1) is 11.3 Å². The van der Waals surface area contributed by atoms with Crippen LogP contribution in [-0.2, 0) is 13.6 Å². The highest BCUT2D eigenvalue weighted by Crippen LogP contribution is 2.41. The lowest BCUT2D eigenvalue weighted by Crippen LogP contribution is -2.04. The van der Waals surface area contributed by atoms with Gasteiger partial charge >= 0.3 is 0 Å². The SMILES string of the molecule is Cc1nc(NCc2cnc(C3CC3)s2)n(C)n1. The van der Waals surface area contributed by atoms with Crippen LogP contribution in [0.2, 0.25) is 0 Å². The number of anilines is 1. The van der Waals surface area contributed by atoms with Crippen LogP contribution in [0.1, 0.15) is 34.5 Å². The summed E-state index contributed by atoms with van der Waals surface area (Å²) >= 11 is 1.80. The van der Waals surface area contributed by atoms with Crippen LogP contribution in [0.25, 0.3) is 0 Å². The fraction of sp³-hybridized carbons (Fsp3) is 0.545. The third-order valence-electron chi connectivity index (χ3n) is 2.79. The fourth-order valence-electron chi connectivity index (χ4n) is 1.76. The van der Waals surface area contributed by atoms with E-state index >= 15 is 0 Å². The van der Waals surface area contributed by atoms with Crippen LogP contribution < -0.4 is 5.32 Å². The Balaban J connectivity index is 1.64. The van der Waals surface area contributed by atoms with Crippen molar-refractivity contribution in [1.29, 1.82) is 0 Å². The van der Waals surface area contributed by atoms with Crippen molar-refractivity contribution in [3.63, 3.8) is 0 Å². The van der Waals surface area contributed by atoms with Crippen LogP contribution in [0.5, 0.6) is 0 Å². The molecule has 1 saturated carbocycles. The second-order valence-corrected chi connectivity index (χ2v) is 5.55. The van der Waals surface area contributed by atoms with Gasteiger partial charge in [0.05, 0.1) is 11.6 Å². The molecular formula is C11H15N5S. The first-order chi connectivity index (χ1) is 8.22. The zero-order valence-corrected chi connectivity index (χ0v) is 10.8. The summed E-state index contributed by atoms with van der Waals surface area (Å²) in [6, 6.07) is 0. The molecule has 6 heteroatoms. The summed E-state index contributed by atoms with van der Waals surface area (Å²) in [4.78, 5) is 10.0. The number of hydrogen-bond donors (Lipinski definition) is 1. The molecule has 0 aliphatic heterocycles. The van der Waals surface area contributed by atoms with Crippen LogP contribution in [0, 0.1) is 6.92 Å². The number of aryl methyl sites for hydroxylation is 2. The van der Waals surface area contributed by atoms with Gasteiger partial charge in [0.2, 0.25) is 5.95 Å². The predicted molar refractivity (Wildman–Crippen MR) is 67.2 cm³/mol. The molecule has 1 aliphatic carbocycles. The van der Waals surface area contributed by atoms with Crippen molar-refractivity contribution < 1.29 is 0 Å². The van der Waals surface area contributed by atoms with E-state index < -0.39 is 0 Å². The summed E-state index contributed by atoms with van der Waals surface area (Å²) in [5.74, 6) is 2.34. The van der Waals surface area contributed by atoms with E-state index in [1.165, 1.54) is 22.7 Å². The normalized spacial score (nSPS) is 15.2. The first-order valence-electron chi connectivity index (χ1n) is 5.78. The number of nitrogens with one attached hydrogen (secondary N) is 1. The maximum Gasteiger partial charge on any atom is 0.221 e.